The summed E-state index contributed by atoms with van der Waals surface area (Å²) in [6.07, 6.45) is 1.46. The van der Waals surface area contributed by atoms with E-state index in [1.807, 2.05) is 60.6 Å². The number of fused-ring (bicyclic) bond motifs is 7. The number of para-hydroxylation sites is 1. The van der Waals surface area contributed by atoms with E-state index in [1.165, 1.54) is 38.5 Å². The Morgan fingerprint density at radius 3 is 2.39 bits per heavy atom. The molecular formula is C44H35N5. The van der Waals surface area contributed by atoms with Crippen molar-refractivity contribution in [2.24, 2.45) is 4.99 Å². The monoisotopic (exact) mass is 633 g/mol. The van der Waals surface area contributed by atoms with Gasteiger partial charge in [0, 0.05) is 46.3 Å². The number of rotatable bonds is 6. The average molecular weight is 634 g/mol. The van der Waals surface area contributed by atoms with Gasteiger partial charge in [0.05, 0.1) is 22.7 Å². The predicted molar refractivity (Wildman–Crippen MR) is 201 cm³/mol. The van der Waals surface area contributed by atoms with Gasteiger partial charge in [-0.05, 0) is 58.1 Å². The molecule has 0 spiro atoms. The van der Waals surface area contributed by atoms with E-state index in [1.54, 1.807) is 12.1 Å². The third-order valence-corrected chi connectivity index (χ3v) is 9.96. The fourth-order valence-corrected chi connectivity index (χ4v) is 7.51. The van der Waals surface area contributed by atoms with Crippen LogP contribution >= 0.6 is 0 Å². The Labute approximate surface area is 286 Å². The van der Waals surface area contributed by atoms with Crippen LogP contribution in [0.25, 0.3) is 38.6 Å². The van der Waals surface area contributed by atoms with E-state index >= 15 is 0 Å². The van der Waals surface area contributed by atoms with Crippen molar-refractivity contribution in [1.82, 2.24) is 9.47 Å². The Morgan fingerprint density at radius 2 is 1.55 bits per heavy atom. The molecule has 0 fully saturated rings. The molecule has 0 radical (unpaired) electrons. The molecule has 1 aliphatic rings. The number of hydrogen-bond acceptors (Lipinski definition) is 3. The minimum atomic E-state index is -0.446. The van der Waals surface area contributed by atoms with Crippen molar-refractivity contribution >= 4 is 33.9 Å². The molecule has 7 aromatic rings. The second-order valence-corrected chi connectivity index (χ2v) is 13.2. The van der Waals surface area contributed by atoms with Crippen molar-refractivity contribution in [2.75, 3.05) is 7.05 Å². The van der Waals surface area contributed by atoms with Crippen LogP contribution in [0.4, 0.5) is 0 Å². The molecule has 0 amide bonds. The molecule has 0 aliphatic heterocycles. The van der Waals surface area contributed by atoms with E-state index in [2.05, 4.69) is 109 Å². The summed E-state index contributed by atoms with van der Waals surface area (Å²) in [6.45, 7) is 4.65. The number of aliphatic imine (C=N–C) groups is 1. The van der Waals surface area contributed by atoms with Gasteiger partial charge >= 0.3 is 0 Å². The minimum Gasteiger partial charge on any atom is -0.334 e. The molecule has 1 aliphatic carbocycles. The van der Waals surface area contributed by atoms with Crippen LogP contribution < -0.4 is 0 Å². The maximum absolute atomic E-state index is 9.44. The lowest BCUT2D eigenvalue weighted by atomic mass is 9.82. The summed E-state index contributed by atoms with van der Waals surface area (Å²) in [7, 11) is 1.88. The molecule has 8 rings (SSSR count). The van der Waals surface area contributed by atoms with Gasteiger partial charge in [-0.1, -0.05) is 123 Å². The first-order valence-corrected chi connectivity index (χ1v) is 16.5. The molecule has 49 heavy (non-hydrogen) atoms. The predicted octanol–water partition coefficient (Wildman–Crippen LogP) is 10.0. The van der Waals surface area contributed by atoms with Crippen LogP contribution in [0.3, 0.4) is 0 Å². The number of nitrogens with one attached hydrogen (secondary N) is 1. The number of nitrogens with zero attached hydrogens (tertiary/aromatic N) is 4. The largest absolute Gasteiger partial charge is 0.334 e. The first kappa shape index (κ1) is 30.1. The maximum atomic E-state index is 9.44. The van der Waals surface area contributed by atoms with Gasteiger partial charge in [-0.3, -0.25) is 10.4 Å². The summed E-state index contributed by atoms with van der Waals surface area (Å²) in [5.41, 5.74) is 11.8. The minimum absolute atomic E-state index is 0.0992. The lowest BCUT2D eigenvalue weighted by molar-refractivity contribution is 0.387. The fourth-order valence-electron chi connectivity index (χ4n) is 7.51. The Kier molecular flexibility index (Phi) is 7.23. The van der Waals surface area contributed by atoms with Gasteiger partial charge in [-0.15, -0.1) is 0 Å². The summed E-state index contributed by atoms with van der Waals surface area (Å²) in [5, 5.41) is 20.9. The van der Waals surface area contributed by atoms with Crippen molar-refractivity contribution < 1.29 is 0 Å². The zero-order valence-electron chi connectivity index (χ0n) is 27.7. The quantitative estimate of drug-likeness (QED) is 0.146. The van der Waals surface area contributed by atoms with Gasteiger partial charge in [0.25, 0.3) is 0 Å². The summed E-state index contributed by atoms with van der Waals surface area (Å²) in [6, 6.07) is 50.0. The van der Waals surface area contributed by atoms with Crippen LogP contribution in [0.5, 0.6) is 0 Å². The number of aromatic nitrogens is 1. The van der Waals surface area contributed by atoms with Gasteiger partial charge in [-0.25, -0.2) is 0 Å². The third kappa shape index (κ3) is 4.92. The highest BCUT2D eigenvalue weighted by Gasteiger charge is 2.37. The van der Waals surface area contributed by atoms with E-state index in [0.717, 1.165) is 22.3 Å². The van der Waals surface area contributed by atoms with Crippen molar-refractivity contribution in [1.29, 1.82) is 10.7 Å². The van der Waals surface area contributed by atoms with Crippen LogP contribution in [-0.4, -0.2) is 28.6 Å². The number of nitriles is 1. The molecule has 0 saturated heterocycles. The molecule has 6 aromatic carbocycles. The number of hydrogen-bond donors (Lipinski definition) is 1. The van der Waals surface area contributed by atoms with Gasteiger partial charge in [0.1, 0.15) is 12.0 Å². The average Bonchev–Trinajstić information content (AvgIpc) is 3.60. The molecule has 1 heterocycles. The molecule has 1 atom stereocenters. The first-order chi connectivity index (χ1) is 23.9. The second-order valence-electron chi connectivity index (χ2n) is 13.2. The summed E-state index contributed by atoms with van der Waals surface area (Å²) in [5.74, 6) is 0.291. The van der Waals surface area contributed by atoms with Gasteiger partial charge in [-0.2, -0.15) is 5.26 Å². The van der Waals surface area contributed by atoms with Crippen LogP contribution in [0.15, 0.2) is 145 Å². The smallest absolute Gasteiger partial charge is 0.147 e. The fraction of sp³-hybridized carbons (Fsp3) is 0.114. The van der Waals surface area contributed by atoms with E-state index < -0.39 is 6.17 Å². The standard InChI is InChI=1S/C44H35N5/c1-44(2)37-21-9-7-20-36(37)40-38(44)24-23-35-34-19-8-10-22-39(34)49(41(35)40)33-18-12-14-30(26-33)28-47-43(31-15-5-4-6-16-31)48(3)42(46)32-17-11-13-29(25-32)27-45/h4-26,28,43,46H,1-3H3. The summed E-state index contributed by atoms with van der Waals surface area (Å²) in [4.78, 5) is 6.94. The Balaban J connectivity index is 1.25. The SMILES string of the molecule is CN(C(=N)c1cccc(C#N)c1)C(N=Cc1cccc(-n2c3ccccc3c3ccc4c(c32)-c2ccccc2C4(C)C)c1)c1ccccc1. The number of benzene rings is 6. The first-order valence-electron chi connectivity index (χ1n) is 16.5. The topological polar surface area (TPSA) is 68.2 Å². The van der Waals surface area contributed by atoms with Crippen LogP contribution in [-0.2, 0) is 5.41 Å². The third-order valence-electron chi connectivity index (χ3n) is 9.96. The lowest BCUT2D eigenvalue weighted by Crippen LogP contribution is -2.30. The molecule has 5 heteroatoms. The molecule has 1 aromatic heterocycles. The zero-order valence-corrected chi connectivity index (χ0v) is 27.7. The van der Waals surface area contributed by atoms with E-state index in [4.69, 9.17) is 10.4 Å². The maximum Gasteiger partial charge on any atom is 0.147 e. The summed E-state index contributed by atoms with van der Waals surface area (Å²) >= 11 is 0. The Hall–Kier alpha value is -6.25. The Bertz CT molecular complexity index is 2480. The summed E-state index contributed by atoms with van der Waals surface area (Å²) < 4.78 is 2.41. The highest BCUT2D eigenvalue weighted by Crippen LogP contribution is 2.52. The lowest BCUT2D eigenvalue weighted by Gasteiger charge is -2.28. The van der Waals surface area contributed by atoms with Gasteiger partial charge in [0.2, 0.25) is 0 Å². The van der Waals surface area contributed by atoms with E-state index in [0.29, 0.717) is 17.0 Å². The van der Waals surface area contributed by atoms with Crippen molar-refractivity contribution in [3.8, 4) is 22.9 Å². The van der Waals surface area contributed by atoms with Crippen molar-refractivity contribution in [2.45, 2.75) is 25.4 Å². The molecule has 1 N–H and O–H groups in total. The normalized spacial score (nSPS) is 13.7. The van der Waals surface area contributed by atoms with Crippen molar-refractivity contribution in [3.63, 3.8) is 0 Å². The van der Waals surface area contributed by atoms with Gasteiger partial charge < -0.3 is 9.47 Å². The van der Waals surface area contributed by atoms with E-state index in [-0.39, 0.29) is 5.41 Å². The molecule has 0 bridgehead atoms. The molecule has 5 nitrogen and oxygen atoms in total. The van der Waals surface area contributed by atoms with Crippen molar-refractivity contribution in [3.05, 3.63) is 173 Å². The van der Waals surface area contributed by atoms with Gasteiger partial charge in [0.15, 0.2) is 0 Å². The molecule has 236 valence electrons. The molecule has 0 saturated carbocycles. The molecular weight excluding hydrogens is 599 g/mol. The highest BCUT2D eigenvalue weighted by molar-refractivity contribution is 6.15. The zero-order chi connectivity index (χ0) is 33.7. The highest BCUT2D eigenvalue weighted by atomic mass is 15.2. The van der Waals surface area contributed by atoms with E-state index in [9.17, 15) is 5.26 Å². The second kappa shape index (κ2) is 11.8. The van der Waals surface area contributed by atoms with Crippen LogP contribution in [0.2, 0.25) is 0 Å². The van der Waals surface area contributed by atoms with Crippen LogP contribution in [0.1, 0.15) is 53.4 Å². The molecule has 1 unspecified atom stereocenters. The Morgan fingerprint density at radius 1 is 0.796 bits per heavy atom. The number of amidine groups is 1. The van der Waals surface area contributed by atoms with Crippen LogP contribution in [0, 0.1) is 16.7 Å².